The highest BCUT2D eigenvalue weighted by atomic mass is 32.2. The van der Waals surface area contributed by atoms with E-state index in [1.807, 2.05) is 24.5 Å². The van der Waals surface area contributed by atoms with E-state index in [1.165, 1.54) is 12.1 Å². The van der Waals surface area contributed by atoms with Gasteiger partial charge in [0.25, 0.3) is 5.91 Å². The second-order valence-corrected chi connectivity index (χ2v) is 9.73. The van der Waals surface area contributed by atoms with E-state index in [0.717, 1.165) is 29.9 Å². The molecule has 1 saturated heterocycles. The fourth-order valence-corrected chi connectivity index (χ4v) is 5.65. The molecule has 0 aliphatic carbocycles. The topological polar surface area (TPSA) is 59.4 Å². The Hall–Kier alpha value is -2.15. The summed E-state index contributed by atoms with van der Waals surface area (Å²) in [4.78, 5) is 15.1. The number of aromatic nitrogens is 1. The Bertz CT molecular complexity index is 964. The van der Waals surface area contributed by atoms with Gasteiger partial charge in [0, 0.05) is 29.7 Å². The van der Waals surface area contributed by atoms with Gasteiger partial charge in [-0.1, -0.05) is 13.3 Å². The summed E-state index contributed by atoms with van der Waals surface area (Å²) >= 11 is 0. The number of carbonyl (C=O) groups is 1. The van der Waals surface area contributed by atoms with Gasteiger partial charge in [-0.25, -0.2) is 12.8 Å². The lowest BCUT2D eigenvalue weighted by molar-refractivity contribution is 0.0693. The van der Waals surface area contributed by atoms with Crippen LogP contribution < -0.4 is 0 Å². The van der Waals surface area contributed by atoms with Crippen LogP contribution in [0.25, 0.3) is 5.69 Å². The fourth-order valence-electron chi connectivity index (χ4n) is 3.92. The highest BCUT2D eigenvalue weighted by molar-refractivity contribution is 7.91. The first kappa shape index (κ1) is 20.6. The van der Waals surface area contributed by atoms with Crippen molar-refractivity contribution in [3.05, 3.63) is 53.1 Å². The summed E-state index contributed by atoms with van der Waals surface area (Å²) < 4.78 is 39.1. The maximum Gasteiger partial charge on any atom is 0.255 e. The summed E-state index contributed by atoms with van der Waals surface area (Å²) in [5.74, 6) is -0.255. The van der Waals surface area contributed by atoms with Crippen LogP contribution in [0.5, 0.6) is 0 Å². The van der Waals surface area contributed by atoms with Gasteiger partial charge in [0.05, 0.1) is 17.1 Å². The lowest BCUT2D eigenvalue weighted by Crippen LogP contribution is -2.42. The molecule has 7 heteroatoms. The number of hydrogen-bond acceptors (Lipinski definition) is 3. The van der Waals surface area contributed by atoms with Crippen molar-refractivity contribution in [3.8, 4) is 5.69 Å². The molecule has 0 spiro atoms. The second-order valence-electron chi connectivity index (χ2n) is 7.51. The molecule has 0 bridgehead atoms. The third-order valence-corrected chi connectivity index (χ3v) is 7.16. The molecule has 5 nitrogen and oxygen atoms in total. The van der Waals surface area contributed by atoms with Crippen molar-refractivity contribution < 1.29 is 17.6 Å². The van der Waals surface area contributed by atoms with Gasteiger partial charge in [0.1, 0.15) is 5.82 Å². The van der Waals surface area contributed by atoms with E-state index in [2.05, 4.69) is 6.92 Å². The normalized spacial score (nSPS) is 18.4. The third-order valence-electron chi connectivity index (χ3n) is 5.41. The van der Waals surface area contributed by atoms with Crippen LogP contribution in [0.15, 0.2) is 30.3 Å². The van der Waals surface area contributed by atoms with Gasteiger partial charge in [0.2, 0.25) is 0 Å². The number of halogens is 1. The molecular weight excluding hydrogens is 379 g/mol. The number of rotatable bonds is 6. The Morgan fingerprint density at radius 1 is 1.25 bits per heavy atom. The zero-order chi connectivity index (χ0) is 20.5. The summed E-state index contributed by atoms with van der Waals surface area (Å²) in [5.41, 5.74) is 3.01. The van der Waals surface area contributed by atoms with Crippen molar-refractivity contribution in [1.29, 1.82) is 0 Å². The minimum absolute atomic E-state index is 0.0408. The summed E-state index contributed by atoms with van der Waals surface area (Å²) in [5, 5.41) is 0. The Kier molecular flexibility index (Phi) is 5.93. The molecule has 2 heterocycles. The summed E-state index contributed by atoms with van der Waals surface area (Å²) in [6.07, 6.45) is 2.26. The maximum absolute atomic E-state index is 13.4. The number of carbonyl (C=O) groups excluding carboxylic acids is 1. The lowest BCUT2D eigenvalue weighted by atomic mass is 10.1. The Morgan fingerprint density at radius 3 is 2.50 bits per heavy atom. The van der Waals surface area contributed by atoms with Crippen molar-refractivity contribution in [2.24, 2.45) is 0 Å². The van der Waals surface area contributed by atoms with Crippen LogP contribution in [0.3, 0.4) is 0 Å². The highest BCUT2D eigenvalue weighted by Gasteiger charge is 2.35. The van der Waals surface area contributed by atoms with Gasteiger partial charge in [0.15, 0.2) is 9.84 Å². The van der Waals surface area contributed by atoms with Crippen LogP contribution in [-0.2, 0) is 9.84 Å². The van der Waals surface area contributed by atoms with Crippen molar-refractivity contribution >= 4 is 15.7 Å². The summed E-state index contributed by atoms with van der Waals surface area (Å²) in [7, 11) is -3.08. The molecule has 1 aromatic heterocycles. The van der Waals surface area contributed by atoms with Gasteiger partial charge >= 0.3 is 0 Å². The number of sulfone groups is 1. The average Bonchev–Trinajstić information content (AvgIpc) is 3.15. The molecule has 0 N–H and O–H groups in total. The number of unbranched alkanes of at least 4 members (excludes halogenated alkanes) is 1. The fraction of sp³-hybridized carbons (Fsp3) is 0.476. The van der Waals surface area contributed by atoms with Crippen LogP contribution in [-0.4, -0.2) is 47.9 Å². The van der Waals surface area contributed by atoms with Crippen LogP contribution in [0.2, 0.25) is 0 Å². The number of hydrogen-bond donors (Lipinski definition) is 0. The first-order valence-electron chi connectivity index (χ1n) is 9.69. The molecule has 1 amide bonds. The smallest absolute Gasteiger partial charge is 0.255 e. The molecule has 1 fully saturated rings. The van der Waals surface area contributed by atoms with Gasteiger partial charge in [-0.15, -0.1) is 0 Å². The predicted octanol–water partition coefficient (Wildman–Crippen LogP) is 3.66. The minimum Gasteiger partial charge on any atom is -0.335 e. The lowest BCUT2D eigenvalue weighted by Gasteiger charge is -2.28. The van der Waals surface area contributed by atoms with Crippen molar-refractivity contribution in [2.45, 2.75) is 46.1 Å². The Morgan fingerprint density at radius 2 is 1.93 bits per heavy atom. The summed E-state index contributed by atoms with van der Waals surface area (Å²) in [6, 6.07) is 7.73. The van der Waals surface area contributed by atoms with E-state index in [9.17, 15) is 17.6 Å². The number of benzene rings is 1. The van der Waals surface area contributed by atoms with Gasteiger partial charge in [-0.05, 0) is 57.0 Å². The molecule has 1 unspecified atom stereocenters. The zero-order valence-electron chi connectivity index (χ0n) is 16.6. The van der Waals surface area contributed by atoms with Crippen molar-refractivity contribution in [3.63, 3.8) is 0 Å². The first-order chi connectivity index (χ1) is 13.2. The number of nitrogens with zero attached hydrogens (tertiary/aromatic N) is 2. The molecule has 0 saturated carbocycles. The standard InChI is InChI=1S/C21H27FN2O3S/c1-4-5-11-23(19-10-12-28(26,27)14-19)21(25)20-13-15(2)24(16(20)3)18-8-6-17(22)7-9-18/h6-9,13,19H,4-5,10-12,14H2,1-3H3. The largest absolute Gasteiger partial charge is 0.335 e. The quantitative estimate of drug-likeness (QED) is 0.736. The average molecular weight is 407 g/mol. The zero-order valence-corrected chi connectivity index (χ0v) is 17.4. The SMILES string of the molecule is CCCCN(C(=O)c1cc(C)n(-c2ccc(F)cc2)c1C)C1CCS(=O)(=O)C1. The molecule has 1 atom stereocenters. The summed E-state index contributed by atoms with van der Waals surface area (Å²) in [6.45, 7) is 6.38. The van der Waals surface area contributed by atoms with Crippen LogP contribution in [0.4, 0.5) is 4.39 Å². The predicted molar refractivity (Wildman–Crippen MR) is 108 cm³/mol. The van der Waals surface area contributed by atoms with Crippen molar-refractivity contribution in [1.82, 2.24) is 9.47 Å². The van der Waals surface area contributed by atoms with Crippen molar-refractivity contribution in [2.75, 3.05) is 18.1 Å². The molecule has 1 aliphatic rings. The first-order valence-corrected chi connectivity index (χ1v) is 11.5. The molecule has 152 valence electrons. The van der Waals surface area contributed by atoms with E-state index in [-0.39, 0.29) is 29.3 Å². The van der Waals surface area contributed by atoms with E-state index in [1.54, 1.807) is 17.0 Å². The molecule has 2 aromatic rings. The highest BCUT2D eigenvalue weighted by Crippen LogP contribution is 2.26. The van der Waals surface area contributed by atoms with E-state index in [0.29, 0.717) is 18.5 Å². The molecule has 3 rings (SSSR count). The third kappa shape index (κ3) is 4.14. The minimum atomic E-state index is -3.08. The van der Waals surface area contributed by atoms with Crippen LogP contribution >= 0.6 is 0 Å². The number of amides is 1. The molecule has 28 heavy (non-hydrogen) atoms. The number of aryl methyl sites for hydroxylation is 1. The van der Waals surface area contributed by atoms with Gasteiger partial charge in [-0.3, -0.25) is 4.79 Å². The Balaban J connectivity index is 1.95. The molecular formula is C21H27FN2O3S. The van der Waals surface area contributed by atoms with E-state index < -0.39 is 9.84 Å². The molecule has 0 radical (unpaired) electrons. The second kappa shape index (κ2) is 8.07. The van der Waals surface area contributed by atoms with Crippen LogP contribution in [0.1, 0.15) is 47.9 Å². The maximum atomic E-state index is 13.4. The van der Waals surface area contributed by atoms with Gasteiger partial charge in [-0.2, -0.15) is 0 Å². The monoisotopic (exact) mass is 406 g/mol. The van der Waals surface area contributed by atoms with Gasteiger partial charge < -0.3 is 9.47 Å². The Labute approximate surface area is 166 Å². The molecule has 1 aliphatic heterocycles. The van der Waals surface area contributed by atoms with E-state index >= 15 is 0 Å². The van der Waals surface area contributed by atoms with E-state index in [4.69, 9.17) is 0 Å². The van der Waals surface area contributed by atoms with Crippen LogP contribution in [0, 0.1) is 19.7 Å². The molecule has 1 aromatic carbocycles.